The molecule has 0 unspecified atom stereocenters. The lowest BCUT2D eigenvalue weighted by Gasteiger charge is -2.06. The van der Waals surface area contributed by atoms with E-state index in [2.05, 4.69) is 16.3 Å². The SMILES string of the molecule is CCOC(=O)CSc1nnc(C)c(C)c1C#N. The Morgan fingerprint density at radius 1 is 1.47 bits per heavy atom. The second kappa shape index (κ2) is 6.21. The van der Waals surface area contributed by atoms with Crippen molar-refractivity contribution in [2.45, 2.75) is 25.8 Å². The molecule has 1 aromatic rings. The molecule has 5 nitrogen and oxygen atoms in total. The number of thioether (sulfide) groups is 1. The van der Waals surface area contributed by atoms with Gasteiger partial charge in [-0.05, 0) is 26.3 Å². The van der Waals surface area contributed by atoms with E-state index in [4.69, 9.17) is 10.00 Å². The lowest BCUT2D eigenvalue weighted by Crippen LogP contribution is -2.08. The van der Waals surface area contributed by atoms with Gasteiger partial charge in [-0.1, -0.05) is 11.8 Å². The molecule has 0 bridgehead atoms. The first-order chi connectivity index (χ1) is 8.10. The maximum atomic E-state index is 11.2. The second-order valence-electron chi connectivity index (χ2n) is 3.30. The van der Waals surface area contributed by atoms with Gasteiger partial charge < -0.3 is 4.74 Å². The number of aryl methyl sites for hydroxylation is 1. The van der Waals surface area contributed by atoms with E-state index in [0.29, 0.717) is 17.2 Å². The Hall–Kier alpha value is -1.61. The van der Waals surface area contributed by atoms with Crippen molar-refractivity contribution < 1.29 is 9.53 Å². The molecule has 90 valence electrons. The molecule has 0 aliphatic carbocycles. The average molecular weight is 251 g/mol. The Bertz CT molecular complexity index is 469. The summed E-state index contributed by atoms with van der Waals surface area (Å²) in [5.41, 5.74) is 2.00. The summed E-state index contributed by atoms with van der Waals surface area (Å²) < 4.78 is 4.80. The normalized spacial score (nSPS) is 9.76. The minimum Gasteiger partial charge on any atom is -0.465 e. The van der Waals surface area contributed by atoms with E-state index in [-0.39, 0.29) is 11.7 Å². The number of carbonyl (C=O) groups excluding carboxylic acids is 1. The van der Waals surface area contributed by atoms with E-state index >= 15 is 0 Å². The van der Waals surface area contributed by atoms with Crippen molar-refractivity contribution in [1.82, 2.24) is 10.2 Å². The lowest BCUT2D eigenvalue weighted by molar-refractivity contribution is -0.139. The molecular formula is C11H13N3O2S. The van der Waals surface area contributed by atoms with Crippen molar-refractivity contribution in [1.29, 1.82) is 5.26 Å². The predicted molar refractivity (Wildman–Crippen MR) is 63.6 cm³/mol. The van der Waals surface area contributed by atoms with Crippen LogP contribution in [-0.2, 0) is 9.53 Å². The molecule has 1 aromatic heterocycles. The van der Waals surface area contributed by atoms with E-state index in [0.717, 1.165) is 11.3 Å². The minimum atomic E-state index is -0.318. The van der Waals surface area contributed by atoms with Gasteiger partial charge in [-0.3, -0.25) is 4.79 Å². The quantitative estimate of drug-likeness (QED) is 0.598. The number of carbonyl (C=O) groups is 1. The van der Waals surface area contributed by atoms with Crippen LogP contribution in [0.25, 0.3) is 0 Å². The van der Waals surface area contributed by atoms with Gasteiger partial charge in [0.15, 0.2) is 0 Å². The summed E-state index contributed by atoms with van der Waals surface area (Å²) in [6, 6.07) is 2.08. The van der Waals surface area contributed by atoms with Gasteiger partial charge in [0, 0.05) is 0 Å². The predicted octanol–water partition coefficient (Wildman–Crippen LogP) is 1.62. The van der Waals surface area contributed by atoms with Crippen molar-refractivity contribution in [3.05, 3.63) is 16.8 Å². The molecule has 0 fully saturated rings. The van der Waals surface area contributed by atoms with Crippen LogP contribution in [-0.4, -0.2) is 28.5 Å². The molecule has 0 N–H and O–H groups in total. The summed E-state index contributed by atoms with van der Waals surface area (Å²) in [4.78, 5) is 11.2. The van der Waals surface area contributed by atoms with Crippen molar-refractivity contribution >= 4 is 17.7 Å². The monoisotopic (exact) mass is 251 g/mol. The van der Waals surface area contributed by atoms with Crippen LogP contribution in [0.5, 0.6) is 0 Å². The van der Waals surface area contributed by atoms with Crippen LogP contribution >= 0.6 is 11.8 Å². The number of nitrogens with zero attached hydrogens (tertiary/aromatic N) is 3. The van der Waals surface area contributed by atoms with Crippen LogP contribution in [0.4, 0.5) is 0 Å². The van der Waals surface area contributed by atoms with Gasteiger partial charge in [0.2, 0.25) is 0 Å². The van der Waals surface area contributed by atoms with Crippen LogP contribution in [0, 0.1) is 25.2 Å². The molecule has 0 saturated heterocycles. The highest BCUT2D eigenvalue weighted by Gasteiger charge is 2.13. The fourth-order valence-electron chi connectivity index (χ4n) is 1.15. The fourth-order valence-corrected chi connectivity index (χ4v) is 1.93. The Morgan fingerprint density at radius 3 is 2.76 bits per heavy atom. The third-order valence-electron chi connectivity index (χ3n) is 2.17. The number of hydrogen-bond acceptors (Lipinski definition) is 6. The highest BCUT2D eigenvalue weighted by Crippen LogP contribution is 2.22. The van der Waals surface area contributed by atoms with Crippen LogP contribution < -0.4 is 0 Å². The smallest absolute Gasteiger partial charge is 0.316 e. The summed E-state index contributed by atoms with van der Waals surface area (Å²) in [5, 5.41) is 17.4. The molecule has 1 rings (SSSR count). The van der Waals surface area contributed by atoms with Gasteiger partial charge in [-0.25, -0.2) is 0 Å². The highest BCUT2D eigenvalue weighted by atomic mass is 32.2. The number of nitriles is 1. The molecule has 0 amide bonds. The number of ether oxygens (including phenoxy) is 1. The average Bonchev–Trinajstić information content (AvgIpc) is 2.31. The largest absolute Gasteiger partial charge is 0.465 e. The minimum absolute atomic E-state index is 0.139. The second-order valence-corrected chi connectivity index (χ2v) is 4.26. The Morgan fingerprint density at radius 2 is 2.18 bits per heavy atom. The summed E-state index contributed by atoms with van der Waals surface area (Å²) in [6.45, 7) is 5.71. The first-order valence-electron chi connectivity index (χ1n) is 5.12. The zero-order valence-electron chi connectivity index (χ0n) is 9.98. The maximum Gasteiger partial charge on any atom is 0.316 e. The molecule has 0 aromatic carbocycles. The molecule has 0 saturated carbocycles. The Kier molecular flexibility index (Phi) is 4.91. The van der Waals surface area contributed by atoms with Crippen LogP contribution in [0.3, 0.4) is 0 Å². The van der Waals surface area contributed by atoms with Gasteiger partial charge in [0.05, 0.1) is 23.6 Å². The molecule has 6 heteroatoms. The molecule has 1 heterocycles. The number of aromatic nitrogens is 2. The summed E-state index contributed by atoms with van der Waals surface area (Å²) in [5.74, 6) is -0.180. The van der Waals surface area contributed by atoms with E-state index < -0.39 is 0 Å². The van der Waals surface area contributed by atoms with Gasteiger partial charge in [0.25, 0.3) is 0 Å². The van der Waals surface area contributed by atoms with Crippen molar-refractivity contribution in [2.24, 2.45) is 0 Å². The molecular weight excluding hydrogens is 238 g/mol. The molecule has 0 aliphatic rings. The molecule has 0 radical (unpaired) electrons. The Labute approximate surface area is 104 Å². The molecule has 17 heavy (non-hydrogen) atoms. The fraction of sp³-hybridized carbons (Fsp3) is 0.455. The van der Waals surface area contributed by atoms with Crippen LogP contribution in [0.15, 0.2) is 5.03 Å². The van der Waals surface area contributed by atoms with Gasteiger partial charge in [0.1, 0.15) is 11.1 Å². The third kappa shape index (κ3) is 3.43. The van der Waals surface area contributed by atoms with E-state index in [9.17, 15) is 4.79 Å². The maximum absolute atomic E-state index is 11.2. The van der Waals surface area contributed by atoms with Gasteiger partial charge in [-0.2, -0.15) is 10.4 Å². The summed E-state index contributed by atoms with van der Waals surface area (Å²) >= 11 is 1.17. The first-order valence-corrected chi connectivity index (χ1v) is 6.11. The third-order valence-corrected chi connectivity index (χ3v) is 3.11. The zero-order chi connectivity index (χ0) is 12.8. The number of esters is 1. The van der Waals surface area contributed by atoms with Crippen LogP contribution in [0.2, 0.25) is 0 Å². The zero-order valence-corrected chi connectivity index (χ0v) is 10.8. The van der Waals surface area contributed by atoms with E-state index in [1.165, 1.54) is 11.8 Å². The molecule has 0 spiro atoms. The van der Waals surface area contributed by atoms with Crippen molar-refractivity contribution in [3.63, 3.8) is 0 Å². The van der Waals surface area contributed by atoms with E-state index in [1.54, 1.807) is 13.8 Å². The number of rotatable bonds is 4. The topological polar surface area (TPSA) is 75.9 Å². The summed E-state index contributed by atoms with van der Waals surface area (Å²) in [7, 11) is 0. The standard InChI is InChI=1S/C11H13N3O2S/c1-4-16-10(15)6-17-11-9(5-12)7(2)8(3)13-14-11/h4,6H2,1-3H3. The first kappa shape index (κ1) is 13.5. The molecule has 0 atom stereocenters. The summed E-state index contributed by atoms with van der Waals surface area (Å²) in [6.07, 6.45) is 0. The van der Waals surface area contributed by atoms with Crippen molar-refractivity contribution in [3.8, 4) is 6.07 Å². The van der Waals surface area contributed by atoms with E-state index in [1.807, 2.05) is 6.92 Å². The highest BCUT2D eigenvalue weighted by molar-refractivity contribution is 7.99. The lowest BCUT2D eigenvalue weighted by atomic mass is 10.1. The van der Waals surface area contributed by atoms with Gasteiger partial charge >= 0.3 is 5.97 Å². The van der Waals surface area contributed by atoms with Crippen LogP contribution in [0.1, 0.15) is 23.7 Å². The molecule has 0 aliphatic heterocycles. The Balaban J connectivity index is 2.82. The van der Waals surface area contributed by atoms with Gasteiger partial charge in [-0.15, -0.1) is 5.10 Å². The number of hydrogen-bond donors (Lipinski definition) is 0. The van der Waals surface area contributed by atoms with Crippen molar-refractivity contribution in [2.75, 3.05) is 12.4 Å².